The summed E-state index contributed by atoms with van der Waals surface area (Å²) in [6.07, 6.45) is 5.07. The highest BCUT2D eigenvalue weighted by Gasteiger charge is 2.16. The highest BCUT2D eigenvalue weighted by atomic mass is 15.3. The summed E-state index contributed by atoms with van der Waals surface area (Å²) in [5.74, 6) is 2.05. The van der Waals surface area contributed by atoms with E-state index in [1.165, 1.54) is 25.7 Å². The van der Waals surface area contributed by atoms with Crippen LogP contribution in [0.1, 0.15) is 65.0 Å². The first kappa shape index (κ1) is 15.9. The van der Waals surface area contributed by atoms with Gasteiger partial charge in [-0.2, -0.15) is 5.10 Å². The van der Waals surface area contributed by atoms with Gasteiger partial charge in [0.1, 0.15) is 5.82 Å². The number of aryl methyl sites for hydroxylation is 1. The van der Waals surface area contributed by atoms with E-state index in [9.17, 15) is 0 Å². The van der Waals surface area contributed by atoms with Crippen LogP contribution < -0.4 is 11.1 Å². The van der Waals surface area contributed by atoms with Gasteiger partial charge in [-0.05, 0) is 18.3 Å². The smallest absolute Gasteiger partial charge is 0.147 e. The van der Waals surface area contributed by atoms with Crippen LogP contribution in [0.25, 0.3) is 0 Å². The summed E-state index contributed by atoms with van der Waals surface area (Å²) in [4.78, 5) is 0. The fraction of sp³-hybridized carbons (Fsp3) is 0.800. The third-order valence-electron chi connectivity index (χ3n) is 3.76. The number of nitrogen functional groups attached to an aromatic ring is 1. The van der Waals surface area contributed by atoms with Crippen molar-refractivity contribution in [1.82, 2.24) is 9.78 Å². The quantitative estimate of drug-likeness (QED) is 0.753. The minimum atomic E-state index is 0.365. The summed E-state index contributed by atoms with van der Waals surface area (Å²) in [7, 11) is 1.96. The van der Waals surface area contributed by atoms with E-state index < -0.39 is 0 Å². The average molecular weight is 266 g/mol. The summed E-state index contributed by atoms with van der Waals surface area (Å²) in [6, 6.07) is 0. The zero-order valence-corrected chi connectivity index (χ0v) is 13.2. The largest absolute Gasteiger partial charge is 0.394 e. The molecule has 1 atom stereocenters. The maximum absolute atomic E-state index is 6.19. The van der Waals surface area contributed by atoms with Gasteiger partial charge in [-0.3, -0.25) is 4.68 Å². The maximum Gasteiger partial charge on any atom is 0.147 e. The van der Waals surface area contributed by atoms with Gasteiger partial charge < -0.3 is 11.1 Å². The Labute approximate surface area is 117 Å². The lowest BCUT2D eigenvalue weighted by Gasteiger charge is -2.16. The number of hydrogen-bond donors (Lipinski definition) is 2. The number of nitrogens with zero attached hydrogens (tertiary/aromatic N) is 2. The molecule has 0 fully saturated rings. The first-order chi connectivity index (χ1) is 9.01. The molecule has 0 bridgehead atoms. The number of unbranched alkanes of at least 4 members (excludes halogenated alkanes) is 1. The van der Waals surface area contributed by atoms with E-state index in [1.54, 1.807) is 0 Å². The summed E-state index contributed by atoms with van der Waals surface area (Å²) < 4.78 is 1.87. The van der Waals surface area contributed by atoms with Crippen LogP contribution in [0.4, 0.5) is 11.5 Å². The van der Waals surface area contributed by atoms with Crippen molar-refractivity contribution in [3.63, 3.8) is 0 Å². The summed E-state index contributed by atoms with van der Waals surface area (Å²) in [6.45, 7) is 9.73. The van der Waals surface area contributed by atoms with Crippen LogP contribution >= 0.6 is 0 Å². The van der Waals surface area contributed by atoms with E-state index in [0.717, 1.165) is 29.7 Å². The Morgan fingerprint density at radius 2 is 2.00 bits per heavy atom. The van der Waals surface area contributed by atoms with Gasteiger partial charge >= 0.3 is 0 Å². The second-order valence-corrected chi connectivity index (χ2v) is 5.72. The van der Waals surface area contributed by atoms with Crippen LogP contribution in [-0.2, 0) is 7.05 Å². The van der Waals surface area contributed by atoms with Gasteiger partial charge in [0.05, 0.1) is 11.4 Å². The molecule has 1 aromatic heterocycles. The molecule has 0 radical (unpaired) electrons. The Hall–Kier alpha value is -1.19. The molecule has 1 rings (SSSR count). The minimum Gasteiger partial charge on any atom is -0.394 e. The van der Waals surface area contributed by atoms with E-state index >= 15 is 0 Å². The molecule has 0 aromatic carbocycles. The van der Waals surface area contributed by atoms with Crippen molar-refractivity contribution in [1.29, 1.82) is 0 Å². The lowest BCUT2D eigenvalue weighted by Crippen LogP contribution is -2.16. The number of nitrogens with one attached hydrogen (secondary N) is 1. The molecule has 4 nitrogen and oxygen atoms in total. The topological polar surface area (TPSA) is 55.9 Å². The maximum atomic E-state index is 6.19. The zero-order valence-electron chi connectivity index (χ0n) is 13.2. The van der Waals surface area contributed by atoms with Crippen LogP contribution in [0.15, 0.2) is 0 Å². The Kier molecular flexibility index (Phi) is 6.19. The Balaban J connectivity index is 2.66. The van der Waals surface area contributed by atoms with Crippen molar-refractivity contribution >= 4 is 11.5 Å². The van der Waals surface area contributed by atoms with Gasteiger partial charge in [0.25, 0.3) is 0 Å². The SMILES string of the molecule is CCCCC(CC)CNc1c(N)c(C(C)C)nn1C. The predicted octanol–water partition coefficient (Wildman–Crippen LogP) is 3.75. The normalized spacial score (nSPS) is 12.9. The molecule has 1 unspecified atom stereocenters. The Morgan fingerprint density at radius 3 is 2.47 bits per heavy atom. The van der Waals surface area contributed by atoms with Crippen LogP contribution in [0.3, 0.4) is 0 Å². The van der Waals surface area contributed by atoms with E-state index in [-0.39, 0.29) is 0 Å². The van der Waals surface area contributed by atoms with Gasteiger partial charge in [0, 0.05) is 13.6 Å². The average Bonchev–Trinajstić information content (AvgIpc) is 2.66. The molecular weight excluding hydrogens is 236 g/mol. The molecule has 0 aliphatic heterocycles. The molecule has 0 spiro atoms. The molecule has 0 aliphatic rings. The van der Waals surface area contributed by atoms with Gasteiger partial charge in [-0.15, -0.1) is 0 Å². The minimum absolute atomic E-state index is 0.365. The van der Waals surface area contributed by atoms with Crippen molar-refractivity contribution in [2.24, 2.45) is 13.0 Å². The van der Waals surface area contributed by atoms with Crippen LogP contribution in [0, 0.1) is 5.92 Å². The first-order valence-electron chi connectivity index (χ1n) is 7.57. The first-order valence-corrected chi connectivity index (χ1v) is 7.57. The molecule has 0 saturated heterocycles. The van der Waals surface area contributed by atoms with Crippen molar-refractivity contribution in [3.8, 4) is 0 Å². The van der Waals surface area contributed by atoms with Crippen LogP contribution in [0.2, 0.25) is 0 Å². The molecule has 1 heterocycles. The zero-order chi connectivity index (χ0) is 14.4. The van der Waals surface area contributed by atoms with E-state index in [4.69, 9.17) is 5.73 Å². The third kappa shape index (κ3) is 4.15. The molecule has 0 saturated carbocycles. The van der Waals surface area contributed by atoms with Gasteiger partial charge in [0.15, 0.2) is 0 Å². The number of rotatable bonds is 8. The van der Waals surface area contributed by atoms with Crippen LogP contribution in [0.5, 0.6) is 0 Å². The molecule has 19 heavy (non-hydrogen) atoms. The summed E-state index contributed by atoms with van der Waals surface area (Å²) in [5.41, 5.74) is 7.99. The molecule has 0 amide bonds. The molecule has 4 heteroatoms. The molecule has 3 N–H and O–H groups in total. The standard InChI is InChI=1S/C15H30N4/c1-6-8-9-12(7-2)10-17-15-13(16)14(11(3)4)18-19(15)5/h11-12,17H,6-10,16H2,1-5H3. The van der Waals surface area contributed by atoms with Gasteiger partial charge in [-0.1, -0.05) is 47.0 Å². The van der Waals surface area contributed by atoms with Gasteiger partial charge in [-0.25, -0.2) is 0 Å². The van der Waals surface area contributed by atoms with E-state index in [1.807, 2.05) is 11.7 Å². The fourth-order valence-electron chi connectivity index (χ4n) is 2.38. The summed E-state index contributed by atoms with van der Waals surface area (Å²) in [5, 5.41) is 8.00. The number of hydrogen-bond acceptors (Lipinski definition) is 3. The Bertz CT molecular complexity index is 382. The number of nitrogens with two attached hydrogens (primary N) is 1. The molecular formula is C15H30N4. The van der Waals surface area contributed by atoms with E-state index in [2.05, 4.69) is 38.1 Å². The monoisotopic (exact) mass is 266 g/mol. The van der Waals surface area contributed by atoms with Crippen molar-refractivity contribution in [3.05, 3.63) is 5.69 Å². The number of anilines is 2. The molecule has 1 aromatic rings. The second-order valence-electron chi connectivity index (χ2n) is 5.72. The second kappa shape index (κ2) is 7.41. The van der Waals surface area contributed by atoms with Crippen molar-refractivity contribution in [2.45, 2.75) is 59.3 Å². The highest BCUT2D eigenvalue weighted by molar-refractivity contribution is 5.65. The molecule has 110 valence electrons. The van der Waals surface area contributed by atoms with Crippen LogP contribution in [-0.4, -0.2) is 16.3 Å². The molecule has 0 aliphatic carbocycles. The van der Waals surface area contributed by atoms with Gasteiger partial charge in [0.2, 0.25) is 0 Å². The Morgan fingerprint density at radius 1 is 1.32 bits per heavy atom. The fourth-order valence-corrected chi connectivity index (χ4v) is 2.38. The lowest BCUT2D eigenvalue weighted by molar-refractivity contribution is 0.471. The third-order valence-corrected chi connectivity index (χ3v) is 3.76. The predicted molar refractivity (Wildman–Crippen MR) is 83.5 cm³/mol. The summed E-state index contributed by atoms with van der Waals surface area (Å²) >= 11 is 0. The lowest BCUT2D eigenvalue weighted by atomic mass is 9.99. The van der Waals surface area contributed by atoms with Crippen molar-refractivity contribution < 1.29 is 0 Å². The highest BCUT2D eigenvalue weighted by Crippen LogP contribution is 2.28. The van der Waals surface area contributed by atoms with E-state index in [0.29, 0.717) is 5.92 Å². The van der Waals surface area contributed by atoms with Crippen molar-refractivity contribution in [2.75, 3.05) is 17.6 Å². The number of aromatic nitrogens is 2.